The number of halogens is 1. The second-order valence-electron chi connectivity index (χ2n) is 8.33. The van der Waals surface area contributed by atoms with Crippen LogP contribution in [0.4, 0.5) is 4.79 Å². The highest BCUT2D eigenvalue weighted by atomic mass is 35.5. The molecule has 2 heterocycles. The fraction of sp³-hybridized carbons (Fsp3) is 0.550. The first-order valence-electron chi connectivity index (χ1n) is 9.93. The first-order valence-corrected chi connectivity index (χ1v) is 10.3. The van der Waals surface area contributed by atoms with E-state index >= 15 is 0 Å². The second kappa shape index (κ2) is 9.42. The number of tetrazole rings is 1. The Balaban J connectivity index is 1.60. The van der Waals surface area contributed by atoms with Crippen LogP contribution in [0.3, 0.4) is 0 Å². The molecule has 0 aliphatic carbocycles. The smallest absolute Gasteiger partial charge is 0.410 e. The summed E-state index contributed by atoms with van der Waals surface area (Å²) in [4.78, 5) is 28.7. The Morgan fingerprint density at radius 3 is 2.30 bits per heavy atom. The Labute approximate surface area is 180 Å². The summed E-state index contributed by atoms with van der Waals surface area (Å²) < 4.78 is 7.03. The molecule has 0 N–H and O–H groups in total. The molecule has 3 rings (SSSR count). The lowest BCUT2D eigenvalue weighted by molar-refractivity contribution is -0.133. The fourth-order valence-electron chi connectivity index (χ4n) is 3.32. The number of nitrogens with zero attached hydrogens (tertiary/aromatic N) is 6. The van der Waals surface area contributed by atoms with Crippen LogP contribution >= 0.6 is 11.6 Å². The Bertz CT molecular complexity index is 842. The van der Waals surface area contributed by atoms with Crippen molar-refractivity contribution in [1.82, 2.24) is 30.0 Å². The summed E-state index contributed by atoms with van der Waals surface area (Å²) in [5.74, 6) is -0.0611. The number of hydrogen-bond donors (Lipinski definition) is 0. The predicted octanol–water partition coefficient (Wildman–Crippen LogP) is 2.58. The van der Waals surface area contributed by atoms with E-state index < -0.39 is 5.60 Å². The van der Waals surface area contributed by atoms with Crippen LogP contribution in [0.1, 0.15) is 38.7 Å². The van der Waals surface area contributed by atoms with Crippen molar-refractivity contribution in [3.8, 4) is 0 Å². The molecule has 2 aromatic rings. The monoisotopic (exact) mass is 434 g/mol. The van der Waals surface area contributed by atoms with Crippen molar-refractivity contribution in [3.05, 3.63) is 41.2 Å². The minimum atomic E-state index is -0.536. The van der Waals surface area contributed by atoms with E-state index in [-0.39, 0.29) is 17.9 Å². The van der Waals surface area contributed by atoms with Crippen LogP contribution in [-0.4, -0.2) is 73.8 Å². The molecule has 1 fully saturated rings. The van der Waals surface area contributed by atoms with Gasteiger partial charge in [0.2, 0.25) is 5.91 Å². The number of benzene rings is 1. The summed E-state index contributed by atoms with van der Waals surface area (Å²) in [6, 6.07) is 7.47. The van der Waals surface area contributed by atoms with E-state index in [0.717, 1.165) is 5.56 Å². The molecule has 162 valence electrons. The predicted molar refractivity (Wildman–Crippen MR) is 111 cm³/mol. The summed E-state index contributed by atoms with van der Waals surface area (Å²) >= 11 is 6.01. The quantitative estimate of drug-likeness (QED) is 0.718. The molecule has 2 amide bonds. The van der Waals surface area contributed by atoms with Gasteiger partial charge in [-0.05, 0) is 48.9 Å². The first-order chi connectivity index (χ1) is 14.2. The van der Waals surface area contributed by atoms with Crippen LogP contribution in [0.25, 0.3) is 0 Å². The van der Waals surface area contributed by atoms with Gasteiger partial charge in [-0.2, -0.15) is 0 Å². The van der Waals surface area contributed by atoms with Crippen molar-refractivity contribution in [3.63, 3.8) is 0 Å². The van der Waals surface area contributed by atoms with Gasteiger partial charge in [0.15, 0.2) is 0 Å². The van der Waals surface area contributed by atoms with Crippen molar-refractivity contribution in [2.24, 2.45) is 0 Å². The van der Waals surface area contributed by atoms with Crippen molar-refractivity contribution in [2.45, 2.75) is 45.3 Å². The van der Waals surface area contributed by atoms with Gasteiger partial charge >= 0.3 is 6.09 Å². The van der Waals surface area contributed by atoms with Gasteiger partial charge in [0.05, 0.1) is 6.54 Å². The molecular weight excluding hydrogens is 408 g/mol. The molecule has 0 unspecified atom stereocenters. The summed E-state index contributed by atoms with van der Waals surface area (Å²) in [6.07, 6.45) is 1.51. The molecule has 1 saturated heterocycles. The Hall–Kier alpha value is -2.68. The zero-order valence-corrected chi connectivity index (χ0v) is 18.2. The molecule has 10 heteroatoms. The number of carbonyl (C=O) groups is 2. The lowest BCUT2D eigenvalue weighted by Crippen LogP contribution is -2.51. The zero-order valence-electron chi connectivity index (χ0n) is 17.5. The summed E-state index contributed by atoms with van der Waals surface area (Å²) in [5.41, 5.74) is 0.460. The number of amides is 2. The van der Waals surface area contributed by atoms with Gasteiger partial charge < -0.3 is 14.5 Å². The number of piperazine rings is 1. The zero-order chi connectivity index (χ0) is 21.7. The molecule has 1 aromatic heterocycles. The van der Waals surface area contributed by atoms with E-state index in [1.807, 2.05) is 45.0 Å². The van der Waals surface area contributed by atoms with Gasteiger partial charge in [-0.15, -0.1) is 5.10 Å². The second-order valence-corrected chi connectivity index (χ2v) is 8.77. The molecular formula is C20H27ClN6O3. The average molecular weight is 435 g/mol. The molecule has 9 nitrogen and oxygen atoms in total. The Morgan fingerprint density at radius 2 is 1.73 bits per heavy atom. The third-order valence-electron chi connectivity index (χ3n) is 4.85. The van der Waals surface area contributed by atoms with Crippen molar-refractivity contribution in [2.75, 3.05) is 26.2 Å². The van der Waals surface area contributed by atoms with E-state index in [1.54, 1.807) is 14.5 Å². The van der Waals surface area contributed by atoms with Crippen LogP contribution in [-0.2, 0) is 16.1 Å². The molecule has 1 aromatic carbocycles. The van der Waals surface area contributed by atoms with Gasteiger partial charge in [0.1, 0.15) is 11.9 Å². The number of ether oxygens (including phenoxy) is 1. The minimum absolute atomic E-state index is 0.0341. The van der Waals surface area contributed by atoms with Gasteiger partial charge in [-0.3, -0.25) is 4.79 Å². The summed E-state index contributed by atoms with van der Waals surface area (Å²) in [7, 11) is 0. The lowest BCUT2D eigenvalue weighted by Gasteiger charge is -2.36. The van der Waals surface area contributed by atoms with E-state index in [1.165, 1.54) is 6.33 Å². The average Bonchev–Trinajstić information content (AvgIpc) is 3.20. The molecule has 0 bridgehead atoms. The highest BCUT2D eigenvalue weighted by Gasteiger charge is 2.29. The van der Waals surface area contributed by atoms with Crippen LogP contribution in [0.15, 0.2) is 30.6 Å². The van der Waals surface area contributed by atoms with Gasteiger partial charge in [-0.1, -0.05) is 23.7 Å². The maximum atomic E-state index is 13.0. The molecule has 1 atom stereocenters. The first kappa shape index (κ1) is 22.0. The van der Waals surface area contributed by atoms with Gasteiger partial charge in [0, 0.05) is 43.5 Å². The number of rotatable bonds is 5. The highest BCUT2D eigenvalue weighted by Crippen LogP contribution is 2.25. The Kier molecular flexibility index (Phi) is 6.91. The summed E-state index contributed by atoms with van der Waals surface area (Å²) in [5, 5.41) is 11.9. The van der Waals surface area contributed by atoms with Crippen LogP contribution in [0, 0.1) is 0 Å². The molecule has 1 aliphatic heterocycles. The lowest BCUT2D eigenvalue weighted by atomic mass is 9.95. The third kappa shape index (κ3) is 6.16. The van der Waals surface area contributed by atoms with Crippen molar-refractivity contribution in [1.29, 1.82) is 0 Å². The largest absolute Gasteiger partial charge is 0.444 e. The molecule has 0 saturated carbocycles. The fourth-order valence-corrected chi connectivity index (χ4v) is 3.44. The van der Waals surface area contributed by atoms with E-state index in [9.17, 15) is 9.59 Å². The Morgan fingerprint density at radius 1 is 1.10 bits per heavy atom. The number of hydrogen-bond acceptors (Lipinski definition) is 6. The maximum absolute atomic E-state index is 13.0. The molecule has 0 spiro atoms. The summed E-state index contributed by atoms with van der Waals surface area (Å²) in [6.45, 7) is 7.88. The van der Waals surface area contributed by atoms with E-state index in [2.05, 4.69) is 15.5 Å². The van der Waals surface area contributed by atoms with E-state index in [4.69, 9.17) is 16.3 Å². The standard InChI is InChI=1S/C20H27ClN6O3/c1-20(2,3)30-19(29)26-10-8-25(9-11-26)18(28)12-16(13-27-14-22-23-24-27)15-4-6-17(21)7-5-15/h4-7,14,16H,8-13H2,1-3H3/t16-/m1/s1. The van der Waals surface area contributed by atoms with Crippen molar-refractivity contribution >= 4 is 23.6 Å². The highest BCUT2D eigenvalue weighted by molar-refractivity contribution is 6.30. The van der Waals surface area contributed by atoms with Crippen molar-refractivity contribution < 1.29 is 14.3 Å². The third-order valence-corrected chi connectivity index (χ3v) is 5.10. The van der Waals surface area contributed by atoms with E-state index in [0.29, 0.717) is 44.2 Å². The van der Waals surface area contributed by atoms with Gasteiger partial charge in [0.25, 0.3) is 0 Å². The maximum Gasteiger partial charge on any atom is 0.410 e. The number of carbonyl (C=O) groups excluding carboxylic acids is 2. The normalized spacial score (nSPS) is 15.7. The minimum Gasteiger partial charge on any atom is -0.444 e. The SMILES string of the molecule is CC(C)(C)OC(=O)N1CCN(C(=O)C[C@H](Cn2cnnn2)c2ccc(Cl)cc2)CC1. The molecule has 0 radical (unpaired) electrons. The number of aromatic nitrogens is 4. The topological polar surface area (TPSA) is 93.5 Å². The van der Waals surface area contributed by atoms with Crippen LogP contribution in [0.2, 0.25) is 5.02 Å². The van der Waals surface area contributed by atoms with Gasteiger partial charge in [-0.25, -0.2) is 9.48 Å². The van der Waals surface area contributed by atoms with Crippen LogP contribution < -0.4 is 0 Å². The molecule has 30 heavy (non-hydrogen) atoms. The van der Waals surface area contributed by atoms with Crippen LogP contribution in [0.5, 0.6) is 0 Å². The molecule has 1 aliphatic rings.